The van der Waals surface area contributed by atoms with Crippen LogP contribution in [0.1, 0.15) is 6.42 Å². The quantitative estimate of drug-likeness (QED) is 0.482. The highest BCUT2D eigenvalue weighted by molar-refractivity contribution is 5.09. The Balaban J connectivity index is 2.85. The minimum absolute atomic E-state index is 2.05. The molecule has 1 saturated carbocycles. The number of halogens is 6. The van der Waals surface area contributed by atoms with Gasteiger partial charge in [0.2, 0.25) is 0 Å². The van der Waals surface area contributed by atoms with Crippen molar-refractivity contribution < 1.29 is 26.3 Å². The van der Waals surface area contributed by atoms with Crippen molar-refractivity contribution in [2.45, 2.75) is 24.2 Å². The molecule has 0 aliphatic heterocycles. The molecule has 1 rings (SSSR count). The topological polar surface area (TPSA) is 0 Å². The molecule has 0 bridgehead atoms. The summed E-state index contributed by atoms with van der Waals surface area (Å²) in [6.45, 7) is 0. The molecule has 0 amide bonds. The van der Waals surface area contributed by atoms with Crippen LogP contribution in [-0.2, 0) is 0 Å². The summed E-state index contributed by atoms with van der Waals surface area (Å²) in [7, 11) is 0. The minimum Gasteiger partial charge on any atom is -0.199 e. The average molecular weight is 164 g/mol. The molecule has 6 heteroatoms. The van der Waals surface area contributed by atoms with Gasteiger partial charge in [0, 0.05) is 0 Å². The van der Waals surface area contributed by atoms with Crippen LogP contribution in [0.15, 0.2) is 0 Å². The second kappa shape index (κ2) is 1.43. The van der Waals surface area contributed by atoms with Gasteiger partial charge >= 0.3 is 17.8 Å². The summed E-state index contributed by atoms with van der Waals surface area (Å²) >= 11 is 0. The third-order valence-electron chi connectivity index (χ3n) is 1.36. The molecule has 0 spiro atoms. The number of rotatable bonds is 0. The van der Waals surface area contributed by atoms with Crippen LogP contribution in [0.25, 0.3) is 0 Å². The molecule has 0 saturated heterocycles. The van der Waals surface area contributed by atoms with E-state index >= 15 is 0 Å². The Morgan fingerprint density at radius 1 is 0.700 bits per heavy atom. The molecule has 0 aromatic rings. The fourth-order valence-electron chi connectivity index (χ4n) is 0.662. The van der Waals surface area contributed by atoms with Crippen LogP contribution >= 0.6 is 0 Å². The predicted octanol–water partition coefficient (Wildman–Crippen LogP) is 2.30. The van der Waals surface area contributed by atoms with Crippen LogP contribution in [0, 0.1) is 0 Å². The highest BCUT2D eigenvalue weighted by atomic mass is 19.4. The van der Waals surface area contributed by atoms with Crippen LogP contribution < -0.4 is 0 Å². The number of alkyl halides is 6. The summed E-state index contributed by atoms with van der Waals surface area (Å²) in [5, 5.41) is 0. The Labute approximate surface area is 51.8 Å². The van der Waals surface area contributed by atoms with E-state index in [0.29, 0.717) is 0 Å². The predicted molar refractivity (Wildman–Crippen MR) is 19.5 cm³/mol. The molecule has 0 nitrogen and oxygen atoms in total. The van der Waals surface area contributed by atoms with Gasteiger partial charge in [0.1, 0.15) is 0 Å². The second-order valence-electron chi connectivity index (χ2n) is 2.16. The molecule has 10 heavy (non-hydrogen) atoms. The van der Waals surface area contributed by atoms with Gasteiger partial charge in [-0.15, -0.1) is 0 Å². The maximum Gasteiger partial charge on any atom is 0.372 e. The lowest BCUT2D eigenvalue weighted by Gasteiger charge is -2.42. The Morgan fingerprint density at radius 2 is 1.00 bits per heavy atom. The molecule has 60 valence electrons. The van der Waals surface area contributed by atoms with E-state index in [-0.39, 0.29) is 0 Å². The zero-order valence-corrected chi connectivity index (χ0v) is 4.47. The van der Waals surface area contributed by atoms with Gasteiger partial charge in [0.25, 0.3) is 0 Å². The first-order valence-corrected chi connectivity index (χ1v) is 2.34. The maximum atomic E-state index is 11.6. The van der Waals surface area contributed by atoms with E-state index in [1.54, 1.807) is 0 Å². The standard InChI is InChI=1S/C4H2F6/c5-2(6)1-3(7,8)4(2,9)10/h1H2. The molecule has 1 aliphatic carbocycles. The molecule has 0 aromatic carbocycles. The van der Waals surface area contributed by atoms with Crippen LogP contribution in [0.4, 0.5) is 26.3 Å². The van der Waals surface area contributed by atoms with E-state index in [4.69, 9.17) is 0 Å². The Bertz CT molecular complexity index is 143. The van der Waals surface area contributed by atoms with Gasteiger partial charge in [0.15, 0.2) is 0 Å². The van der Waals surface area contributed by atoms with Crippen LogP contribution in [0.5, 0.6) is 0 Å². The summed E-state index contributed by atoms with van der Waals surface area (Å²) < 4.78 is 69.5. The fourth-order valence-corrected chi connectivity index (χ4v) is 0.662. The summed E-state index contributed by atoms with van der Waals surface area (Å²) in [5.41, 5.74) is 0. The van der Waals surface area contributed by atoms with E-state index in [0.717, 1.165) is 0 Å². The van der Waals surface area contributed by atoms with Crippen molar-refractivity contribution in [3.8, 4) is 0 Å². The van der Waals surface area contributed by atoms with Crippen LogP contribution in [0.2, 0.25) is 0 Å². The van der Waals surface area contributed by atoms with Crippen molar-refractivity contribution >= 4 is 0 Å². The lowest BCUT2D eigenvalue weighted by atomic mass is 9.84. The Morgan fingerprint density at radius 3 is 1.00 bits per heavy atom. The third kappa shape index (κ3) is 0.590. The van der Waals surface area contributed by atoms with Crippen molar-refractivity contribution in [1.29, 1.82) is 0 Å². The largest absolute Gasteiger partial charge is 0.372 e. The monoisotopic (exact) mass is 164 g/mol. The molecule has 0 aromatic heterocycles. The summed E-state index contributed by atoms with van der Waals surface area (Å²) in [4.78, 5) is 0. The molecular weight excluding hydrogens is 162 g/mol. The van der Waals surface area contributed by atoms with Gasteiger partial charge in [0.05, 0.1) is 6.42 Å². The minimum atomic E-state index is -5.15. The maximum absolute atomic E-state index is 11.6. The van der Waals surface area contributed by atoms with E-state index < -0.39 is 24.2 Å². The lowest BCUT2D eigenvalue weighted by molar-refractivity contribution is -0.396. The normalized spacial score (nSPS) is 33.0. The fraction of sp³-hybridized carbons (Fsp3) is 1.00. The van der Waals surface area contributed by atoms with Crippen LogP contribution in [0.3, 0.4) is 0 Å². The van der Waals surface area contributed by atoms with Crippen molar-refractivity contribution in [2.24, 2.45) is 0 Å². The highest BCUT2D eigenvalue weighted by Gasteiger charge is 2.83. The molecule has 1 aliphatic rings. The van der Waals surface area contributed by atoms with Crippen molar-refractivity contribution in [3.63, 3.8) is 0 Å². The van der Waals surface area contributed by atoms with E-state index in [1.807, 2.05) is 0 Å². The summed E-state index contributed by atoms with van der Waals surface area (Å²) in [6.07, 6.45) is -2.05. The van der Waals surface area contributed by atoms with Crippen LogP contribution in [-0.4, -0.2) is 17.8 Å². The van der Waals surface area contributed by atoms with Crippen molar-refractivity contribution in [3.05, 3.63) is 0 Å². The average Bonchev–Trinajstić information content (AvgIpc) is 1.61. The molecule has 0 heterocycles. The third-order valence-corrected chi connectivity index (χ3v) is 1.36. The SMILES string of the molecule is FC1(F)CC(F)(F)C1(F)F. The summed E-state index contributed by atoms with van der Waals surface area (Å²) in [5.74, 6) is -14.2. The van der Waals surface area contributed by atoms with Crippen molar-refractivity contribution in [2.75, 3.05) is 0 Å². The van der Waals surface area contributed by atoms with Crippen molar-refractivity contribution in [1.82, 2.24) is 0 Å². The van der Waals surface area contributed by atoms with Gasteiger partial charge in [-0.05, 0) is 0 Å². The van der Waals surface area contributed by atoms with Gasteiger partial charge in [-0.1, -0.05) is 0 Å². The summed E-state index contributed by atoms with van der Waals surface area (Å²) in [6, 6.07) is 0. The first kappa shape index (κ1) is 7.68. The Kier molecular flexibility index (Phi) is 1.10. The second-order valence-corrected chi connectivity index (χ2v) is 2.16. The molecule has 0 N–H and O–H groups in total. The highest BCUT2D eigenvalue weighted by Crippen LogP contribution is 2.60. The smallest absolute Gasteiger partial charge is 0.199 e. The number of hydrogen-bond acceptors (Lipinski definition) is 0. The first-order valence-electron chi connectivity index (χ1n) is 2.34. The van der Waals surface area contributed by atoms with E-state index in [9.17, 15) is 26.3 Å². The first-order chi connectivity index (χ1) is 4.21. The lowest BCUT2D eigenvalue weighted by Crippen LogP contribution is -2.67. The molecule has 0 atom stereocenters. The number of hydrogen-bond donors (Lipinski definition) is 0. The van der Waals surface area contributed by atoms with Gasteiger partial charge in [-0.2, -0.15) is 26.3 Å². The van der Waals surface area contributed by atoms with Gasteiger partial charge < -0.3 is 0 Å². The molecule has 1 fully saturated rings. The zero-order chi connectivity index (χ0) is 8.21. The zero-order valence-electron chi connectivity index (χ0n) is 4.47. The van der Waals surface area contributed by atoms with Gasteiger partial charge in [-0.25, -0.2) is 0 Å². The molecule has 0 radical (unpaired) electrons. The molecular formula is C4H2F6. The van der Waals surface area contributed by atoms with E-state index in [2.05, 4.69) is 0 Å². The van der Waals surface area contributed by atoms with Gasteiger partial charge in [-0.3, -0.25) is 0 Å². The molecule has 0 unspecified atom stereocenters. The van der Waals surface area contributed by atoms with E-state index in [1.165, 1.54) is 0 Å². The Hall–Kier alpha value is -0.420.